The van der Waals surface area contributed by atoms with Crippen LogP contribution in [0.25, 0.3) is 60.9 Å². The van der Waals surface area contributed by atoms with Gasteiger partial charge < -0.3 is 14.8 Å². The Morgan fingerprint density at radius 1 is 0.436 bits per heavy atom. The maximum atomic E-state index is 3.67. The van der Waals surface area contributed by atoms with E-state index in [0.29, 0.717) is 0 Å². The van der Waals surface area contributed by atoms with Gasteiger partial charge >= 0.3 is 0 Å². The quantitative estimate of drug-likeness (QED) is 0.186. The van der Waals surface area contributed by atoms with Gasteiger partial charge in [-0.05, 0) is 118 Å². The molecular formula is C52H41N3. The van der Waals surface area contributed by atoms with Crippen LogP contribution >= 0.6 is 0 Å². The molecule has 0 unspecified atom stereocenters. The predicted molar refractivity (Wildman–Crippen MR) is 233 cm³/mol. The molecule has 0 atom stereocenters. The number of rotatable bonds is 6. The number of benzene rings is 8. The van der Waals surface area contributed by atoms with Gasteiger partial charge in [0.05, 0.1) is 11.0 Å². The largest absolute Gasteiger partial charge is 0.355 e. The van der Waals surface area contributed by atoms with Gasteiger partial charge in [0.25, 0.3) is 0 Å². The van der Waals surface area contributed by atoms with Crippen LogP contribution in [0.4, 0.5) is 22.7 Å². The molecule has 3 heteroatoms. The normalized spacial score (nSPS) is 13.1. The maximum Gasteiger partial charge on any atom is 0.0541 e. The van der Waals surface area contributed by atoms with Crippen LogP contribution in [0.5, 0.6) is 0 Å². The average Bonchev–Trinajstić information content (AvgIpc) is 3.57. The lowest BCUT2D eigenvalue weighted by Gasteiger charge is -2.41. The molecule has 3 nitrogen and oxygen atoms in total. The zero-order chi connectivity index (χ0) is 37.1. The minimum absolute atomic E-state index is 0.228. The predicted octanol–water partition coefficient (Wildman–Crippen LogP) is 13.9. The summed E-state index contributed by atoms with van der Waals surface area (Å²) in [7, 11) is 2.20. The SMILES string of the molecule is CN1c2ccc(-c3ccc(Nc4ccccc4)c(-c4ccccc4)c3)cc2C(C)(C)c2cc(-c3ccc4c(c3)c3ccccc3n4-c3ccccc3)ccc21. The third-order valence-electron chi connectivity index (χ3n) is 11.6. The van der Waals surface area contributed by atoms with E-state index in [1.165, 1.54) is 83.4 Å². The molecule has 0 aliphatic carbocycles. The summed E-state index contributed by atoms with van der Waals surface area (Å²) in [6, 6.07) is 68.3. The van der Waals surface area contributed by atoms with Gasteiger partial charge in [0.2, 0.25) is 0 Å². The molecule has 55 heavy (non-hydrogen) atoms. The van der Waals surface area contributed by atoms with Gasteiger partial charge in [-0.2, -0.15) is 0 Å². The van der Waals surface area contributed by atoms with Crippen LogP contribution in [-0.2, 0) is 5.41 Å². The van der Waals surface area contributed by atoms with Gasteiger partial charge in [0.1, 0.15) is 0 Å². The number of para-hydroxylation sites is 3. The van der Waals surface area contributed by atoms with Gasteiger partial charge in [0.15, 0.2) is 0 Å². The second-order valence-corrected chi connectivity index (χ2v) is 15.2. The maximum absolute atomic E-state index is 3.67. The fraction of sp³-hybridized carbons (Fsp3) is 0.0769. The first-order chi connectivity index (χ1) is 26.9. The van der Waals surface area contributed by atoms with Crippen molar-refractivity contribution < 1.29 is 0 Å². The second-order valence-electron chi connectivity index (χ2n) is 15.2. The zero-order valence-electron chi connectivity index (χ0n) is 31.3. The zero-order valence-corrected chi connectivity index (χ0v) is 31.3. The number of hydrogen-bond donors (Lipinski definition) is 1. The van der Waals surface area contributed by atoms with Gasteiger partial charge in [-0.15, -0.1) is 0 Å². The standard InChI is InChI=1S/C52H41N3/c1-52(2)45-33-38(36-23-27-47(53-40-17-9-5-10-18-40)43(31-36)35-15-7-4-8-16-35)25-29-50(45)54(3)51-30-26-39(34-46(51)52)37-24-28-49-44(32-37)42-21-13-14-22-48(42)55(49)41-19-11-6-12-20-41/h4-34,53H,1-3H3. The lowest BCUT2D eigenvalue weighted by Crippen LogP contribution is -2.30. The van der Waals surface area contributed by atoms with Crippen molar-refractivity contribution >= 4 is 44.6 Å². The van der Waals surface area contributed by atoms with E-state index in [0.717, 1.165) is 11.4 Å². The molecule has 1 aliphatic heterocycles. The summed E-state index contributed by atoms with van der Waals surface area (Å²) >= 11 is 0. The molecule has 2 heterocycles. The average molecular weight is 708 g/mol. The molecular weight excluding hydrogens is 667 g/mol. The summed E-state index contributed by atoms with van der Waals surface area (Å²) in [6.07, 6.45) is 0. The number of fused-ring (bicyclic) bond motifs is 5. The second kappa shape index (κ2) is 12.9. The smallest absolute Gasteiger partial charge is 0.0541 e. The summed E-state index contributed by atoms with van der Waals surface area (Å²) in [5.41, 5.74) is 17.9. The number of hydrogen-bond acceptors (Lipinski definition) is 2. The van der Waals surface area contributed by atoms with E-state index in [2.05, 4.69) is 218 Å². The molecule has 0 spiro atoms. The van der Waals surface area contributed by atoms with Gasteiger partial charge in [0, 0.05) is 57.2 Å². The molecule has 1 aliphatic rings. The summed E-state index contributed by atoms with van der Waals surface area (Å²) in [6.45, 7) is 4.76. The molecule has 0 saturated carbocycles. The number of aromatic nitrogens is 1. The van der Waals surface area contributed by atoms with Gasteiger partial charge in [-0.1, -0.05) is 123 Å². The summed E-state index contributed by atoms with van der Waals surface area (Å²) < 4.78 is 2.38. The molecule has 8 aromatic carbocycles. The summed E-state index contributed by atoms with van der Waals surface area (Å²) in [4.78, 5) is 2.36. The van der Waals surface area contributed by atoms with E-state index in [1.807, 2.05) is 6.07 Å². The molecule has 0 bridgehead atoms. The van der Waals surface area contributed by atoms with E-state index in [-0.39, 0.29) is 5.41 Å². The Kier molecular flexibility index (Phi) is 7.71. The fourth-order valence-electron chi connectivity index (χ4n) is 8.67. The minimum Gasteiger partial charge on any atom is -0.355 e. The Morgan fingerprint density at radius 3 is 1.65 bits per heavy atom. The van der Waals surface area contributed by atoms with Crippen molar-refractivity contribution in [2.24, 2.45) is 0 Å². The molecule has 0 amide bonds. The van der Waals surface area contributed by atoms with Crippen molar-refractivity contribution in [3.63, 3.8) is 0 Å². The molecule has 0 radical (unpaired) electrons. The van der Waals surface area contributed by atoms with E-state index in [1.54, 1.807) is 0 Å². The molecule has 1 aromatic heterocycles. The topological polar surface area (TPSA) is 20.2 Å². The monoisotopic (exact) mass is 707 g/mol. The molecule has 9 aromatic rings. The highest BCUT2D eigenvalue weighted by Crippen LogP contribution is 2.50. The van der Waals surface area contributed by atoms with Crippen LogP contribution in [0.3, 0.4) is 0 Å². The van der Waals surface area contributed by atoms with Crippen molar-refractivity contribution in [2.45, 2.75) is 19.3 Å². The van der Waals surface area contributed by atoms with Crippen LogP contribution in [0.15, 0.2) is 188 Å². The lowest BCUT2D eigenvalue weighted by atomic mass is 9.72. The van der Waals surface area contributed by atoms with Crippen LogP contribution in [0.2, 0.25) is 0 Å². The van der Waals surface area contributed by atoms with Crippen LogP contribution in [0.1, 0.15) is 25.0 Å². The Morgan fingerprint density at radius 2 is 0.964 bits per heavy atom. The first kappa shape index (κ1) is 32.8. The molecule has 10 rings (SSSR count). The van der Waals surface area contributed by atoms with Crippen LogP contribution in [0, 0.1) is 0 Å². The number of nitrogens with one attached hydrogen (secondary N) is 1. The van der Waals surface area contributed by atoms with Crippen molar-refractivity contribution in [2.75, 3.05) is 17.3 Å². The highest BCUT2D eigenvalue weighted by Gasteiger charge is 2.35. The summed E-state index contributed by atoms with van der Waals surface area (Å²) in [5.74, 6) is 0. The molecule has 0 saturated heterocycles. The van der Waals surface area contributed by atoms with E-state index in [4.69, 9.17) is 0 Å². The van der Waals surface area contributed by atoms with Crippen molar-refractivity contribution in [3.05, 3.63) is 199 Å². The van der Waals surface area contributed by atoms with Crippen molar-refractivity contribution in [1.29, 1.82) is 0 Å². The third-order valence-corrected chi connectivity index (χ3v) is 11.6. The molecule has 0 fully saturated rings. The number of nitrogens with zero attached hydrogens (tertiary/aromatic N) is 2. The minimum atomic E-state index is -0.228. The molecule has 1 N–H and O–H groups in total. The van der Waals surface area contributed by atoms with Crippen molar-refractivity contribution in [3.8, 4) is 39.1 Å². The number of anilines is 4. The molecule has 264 valence electrons. The van der Waals surface area contributed by atoms with E-state index in [9.17, 15) is 0 Å². The summed E-state index contributed by atoms with van der Waals surface area (Å²) in [5, 5.41) is 6.20. The first-order valence-corrected chi connectivity index (χ1v) is 19.1. The highest BCUT2D eigenvalue weighted by atomic mass is 15.1. The Hall–Kier alpha value is -6.84. The Labute approximate surface area is 322 Å². The lowest BCUT2D eigenvalue weighted by molar-refractivity contribution is 0.630. The third kappa shape index (κ3) is 5.51. The Bertz CT molecular complexity index is 2870. The Balaban J connectivity index is 1.05. The highest BCUT2D eigenvalue weighted by molar-refractivity contribution is 6.10. The fourth-order valence-corrected chi connectivity index (χ4v) is 8.67. The van der Waals surface area contributed by atoms with E-state index < -0.39 is 0 Å². The van der Waals surface area contributed by atoms with Crippen LogP contribution < -0.4 is 10.2 Å². The van der Waals surface area contributed by atoms with Crippen molar-refractivity contribution in [1.82, 2.24) is 4.57 Å². The van der Waals surface area contributed by atoms with E-state index >= 15 is 0 Å². The first-order valence-electron chi connectivity index (χ1n) is 19.1. The van der Waals surface area contributed by atoms with Gasteiger partial charge in [-0.25, -0.2) is 0 Å². The van der Waals surface area contributed by atoms with Gasteiger partial charge in [-0.3, -0.25) is 0 Å². The van der Waals surface area contributed by atoms with Crippen LogP contribution in [-0.4, -0.2) is 11.6 Å².